The fourth-order valence-electron chi connectivity index (χ4n) is 1.76. The number of para-hydroxylation sites is 1. The van der Waals surface area contributed by atoms with Gasteiger partial charge in [0.25, 0.3) is 0 Å². The van der Waals surface area contributed by atoms with E-state index >= 15 is 0 Å². The molecule has 1 aliphatic rings. The lowest BCUT2D eigenvalue weighted by molar-refractivity contribution is 0.0984. The van der Waals surface area contributed by atoms with E-state index in [2.05, 4.69) is 0 Å². The van der Waals surface area contributed by atoms with Crippen molar-refractivity contribution in [1.29, 1.82) is 0 Å². The lowest BCUT2D eigenvalue weighted by atomic mass is 10.1. The number of carbonyl (C=O) groups excluding carboxylic acids is 1. The van der Waals surface area contributed by atoms with Gasteiger partial charge in [-0.15, -0.1) is 0 Å². The van der Waals surface area contributed by atoms with Crippen molar-refractivity contribution in [1.82, 2.24) is 0 Å². The summed E-state index contributed by atoms with van der Waals surface area (Å²) in [5.74, 6) is 1.77. The van der Waals surface area contributed by atoms with Gasteiger partial charge in [0.15, 0.2) is 5.78 Å². The Morgan fingerprint density at radius 2 is 2.12 bits per heavy atom. The number of rotatable bonds is 6. The largest absolute Gasteiger partial charge is 0.493 e. The molecule has 0 unspecified atom stereocenters. The third-order valence-corrected chi connectivity index (χ3v) is 2.99. The minimum Gasteiger partial charge on any atom is -0.493 e. The Bertz CT molecular complexity index is 367. The highest BCUT2D eigenvalue weighted by Gasteiger charge is 2.21. The number of carbonyl (C=O) groups is 1. The van der Waals surface area contributed by atoms with Gasteiger partial charge in [0.2, 0.25) is 0 Å². The summed E-state index contributed by atoms with van der Waals surface area (Å²) in [6, 6.07) is 7.53. The quantitative estimate of drug-likeness (QED) is 0.683. The van der Waals surface area contributed by atoms with Gasteiger partial charge in [0.1, 0.15) is 5.75 Å². The van der Waals surface area contributed by atoms with Crippen LogP contribution < -0.4 is 4.74 Å². The van der Waals surface area contributed by atoms with Crippen LogP contribution >= 0.6 is 0 Å². The predicted molar refractivity (Wildman–Crippen MR) is 63.9 cm³/mol. The maximum Gasteiger partial charge on any atom is 0.166 e. The van der Waals surface area contributed by atoms with E-state index in [4.69, 9.17) is 4.74 Å². The molecule has 86 valence electrons. The second kappa shape index (κ2) is 5.15. The van der Waals surface area contributed by atoms with Crippen molar-refractivity contribution in [2.45, 2.75) is 32.6 Å². The Morgan fingerprint density at radius 1 is 1.38 bits per heavy atom. The fourth-order valence-corrected chi connectivity index (χ4v) is 1.76. The van der Waals surface area contributed by atoms with Crippen LogP contribution in [0.15, 0.2) is 24.3 Å². The van der Waals surface area contributed by atoms with E-state index in [0.29, 0.717) is 6.42 Å². The van der Waals surface area contributed by atoms with Crippen LogP contribution in [0.5, 0.6) is 5.75 Å². The third kappa shape index (κ3) is 2.84. The minimum atomic E-state index is 0.155. The van der Waals surface area contributed by atoms with Crippen LogP contribution in [0.4, 0.5) is 0 Å². The molecule has 2 nitrogen and oxygen atoms in total. The molecule has 1 aliphatic carbocycles. The highest BCUT2D eigenvalue weighted by molar-refractivity contribution is 5.98. The second-order valence-electron chi connectivity index (χ2n) is 4.35. The van der Waals surface area contributed by atoms with Gasteiger partial charge in [-0.25, -0.2) is 0 Å². The second-order valence-corrected chi connectivity index (χ2v) is 4.35. The van der Waals surface area contributed by atoms with Crippen LogP contribution in [0.3, 0.4) is 0 Å². The van der Waals surface area contributed by atoms with Gasteiger partial charge in [-0.3, -0.25) is 4.79 Å². The van der Waals surface area contributed by atoms with E-state index in [-0.39, 0.29) is 5.78 Å². The maximum atomic E-state index is 11.7. The average Bonchev–Trinajstić information content (AvgIpc) is 3.13. The van der Waals surface area contributed by atoms with Crippen molar-refractivity contribution in [3.8, 4) is 5.75 Å². The molecule has 0 N–H and O–H groups in total. The summed E-state index contributed by atoms with van der Waals surface area (Å²) in [7, 11) is 0. The van der Waals surface area contributed by atoms with Gasteiger partial charge in [-0.1, -0.05) is 31.9 Å². The van der Waals surface area contributed by atoms with Crippen molar-refractivity contribution in [3.63, 3.8) is 0 Å². The van der Waals surface area contributed by atoms with Gasteiger partial charge in [0, 0.05) is 6.42 Å². The molecule has 1 saturated carbocycles. The first-order valence-corrected chi connectivity index (χ1v) is 6.06. The van der Waals surface area contributed by atoms with Crippen LogP contribution in [0, 0.1) is 5.92 Å². The molecule has 0 saturated heterocycles. The topological polar surface area (TPSA) is 26.3 Å². The zero-order chi connectivity index (χ0) is 11.4. The summed E-state index contributed by atoms with van der Waals surface area (Å²) in [6.07, 6.45) is 4.34. The molecule has 0 atom stereocenters. The van der Waals surface area contributed by atoms with Crippen LogP contribution in [0.1, 0.15) is 43.0 Å². The lowest BCUT2D eigenvalue weighted by Crippen LogP contribution is -2.04. The molecule has 0 heterocycles. The predicted octanol–water partition coefficient (Wildman–Crippen LogP) is 3.46. The Kier molecular flexibility index (Phi) is 3.60. The van der Waals surface area contributed by atoms with E-state index in [1.165, 1.54) is 12.8 Å². The summed E-state index contributed by atoms with van der Waals surface area (Å²) in [5, 5.41) is 0. The molecule has 0 amide bonds. The number of hydrogen-bond acceptors (Lipinski definition) is 2. The van der Waals surface area contributed by atoms with Gasteiger partial charge in [-0.05, 0) is 24.5 Å². The van der Waals surface area contributed by atoms with Crippen LogP contribution in [0.25, 0.3) is 0 Å². The van der Waals surface area contributed by atoms with Crippen LogP contribution in [0.2, 0.25) is 0 Å². The number of hydrogen-bond donors (Lipinski definition) is 0. The van der Waals surface area contributed by atoms with Crippen LogP contribution in [-0.2, 0) is 0 Å². The van der Waals surface area contributed by atoms with Crippen molar-refractivity contribution >= 4 is 5.78 Å². The molecule has 1 aromatic rings. The highest BCUT2D eigenvalue weighted by Crippen LogP contribution is 2.32. The molecular weight excluding hydrogens is 200 g/mol. The molecule has 2 rings (SSSR count). The zero-order valence-electron chi connectivity index (χ0n) is 9.74. The van der Waals surface area contributed by atoms with E-state index in [9.17, 15) is 4.79 Å². The van der Waals surface area contributed by atoms with Crippen molar-refractivity contribution < 1.29 is 9.53 Å². The van der Waals surface area contributed by atoms with E-state index in [0.717, 1.165) is 30.3 Å². The normalized spacial score (nSPS) is 14.8. The molecule has 0 aromatic heterocycles. The lowest BCUT2D eigenvalue weighted by Gasteiger charge is -2.09. The molecule has 0 aliphatic heterocycles. The first-order valence-electron chi connectivity index (χ1n) is 6.06. The summed E-state index contributed by atoms with van der Waals surface area (Å²) in [4.78, 5) is 11.7. The average molecular weight is 218 g/mol. The maximum absolute atomic E-state index is 11.7. The van der Waals surface area contributed by atoms with E-state index in [1.54, 1.807) is 0 Å². The summed E-state index contributed by atoms with van der Waals surface area (Å²) >= 11 is 0. The summed E-state index contributed by atoms with van der Waals surface area (Å²) < 4.78 is 5.69. The SMILES string of the molecule is CCC(=O)c1ccccc1OCCC1CC1. The number of ether oxygens (including phenoxy) is 1. The molecule has 1 aromatic carbocycles. The van der Waals surface area contributed by atoms with Crippen molar-refractivity contribution in [2.75, 3.05) is 6.61 Å². The molecule has 1 fully saturated rings. The monoisotopic (exact) mass is 218 g/mol. The molecule has 0 bridgehead atoms. The number of Topliss-reactive ketones (excluding diaryl/α,β-unsaturated/α-hetero) is 1. The molecule has 2 heteroatoms. The van der Waals surface area contributed by atoms with Gasteiger partial charge < -0.3 is 4.74 Å². The Labute approximate surface area is 96.6 Å². The summed E-state index contributed by atoms with van der Waals surface area (Å²) in [6.45, 7) is 2.61. The minimum absolute atomic E-state index is 0.155. The van der Waals surface area contributed by atoms with Gasteiger partial charge in [0.05, 0.1) is 12.2 Å². The first kappa shape index (κ1) is 11.2. The molecule has 16 heavy (non-hydrogen) atoms. The van der Waals surface area contributed by atoms with Crippen LogP contribution in [-0.4, -0.2) is 12.4 Å². The Morgan fingerprint density at radius 3 is 2.81 bits per heavy atom. The third-order valence-electron chi connectivity index (χ3n) is 2.99. The number of ketones is 1. The standard InChI is InChI=1S/C14H18O2/c1-2-13(15)12-5-3-4-6-14(12)16-10-9-11-7-8-11/h3-6,11H,2,7-10H2,1H3. The molecule has 0 radical (unpaired) electrons. The Hall–Kier alpha value is -1.31. The van der Waals surface area contributed by atoms with E-state index in [1.807, 2.05) is 31.2 Å². The molecule has 0 spiro atoms. The van der Waals surface area contributed by atoms with E-state index < -0.39 is 0 Å². The van der Waals surface area contributed by atoms with Crippen molar-refractivity contribution in [3.05, 3.63) is 29.8 Å². The van der Waals surface area contributed by atoms with Crippen molar-refractivity contribution in [2.24, 2.45) is 5.92 Å². The Balaban J connectivity index is 1.97. The molecular formula is C14H18O2. The fraction of sp³-hybridized carbons (Fsp3) is 0.500. The first-order chi connectivity index (χ1) is 7.81. The highest BCUT2D eigenvalue weighted by atomic mass is 16.5. The van der Waals surface area contributed by atoms with Gasteiger partial charge in [-0.2, -0.15) is 0 Å². The van der Waals surface area contributed by atoms with Gasteiger partial charge >= 0.3 is 0 Å². The summed E-state index contributed by atoms with van der Waals surface area (Å²) in [5.41, 5.74) is 0.723. The smallest absolute Gasteiger partial charge is 0.166 e. The zero-order valence-corrected chi connectivity index (χ0v) is 9.74. The number of benzene rings is 1.